The second-order valence-corrected chi connectivity index (χ2v) is 5.16. The van der Waals surface area contributed by atoms with Crippen LogP contribution in [0.2, 0.25) is 0 Å². The Kier molecular flexibility index (Phi) is 3.24. The molecule has 1 aromatic heterocycles. The maximum absolute atomic E-state index is 12.0. The number of oxime groups is 1. The summed E-state index contributed by atoms with van der Waals surface area (Å²) in [5, 5.41) is 11.8. The smallest absolute Gasteiger partial charge is 0.263 e. The summed E-state index contributed by atoms with van der Waals surface area (Å²) >= 11 is 1.53. The zero-order valence-electron chi connectivity index (χ0n) is 9.14. The van der Waals surface area contributed by atoms with Crippen molar-refractivity contribution in [1.29, 1.82) is 0 Å². The van der Waals surface area contributed by atoms with Crippen molar-refractivity contribution in [1.82, 2.24) is 4.90 Å². The lowest BCUT2D eigenvalue weighted by Gasteiger charge is -2.26. The number of carbonyl (C=O) groups excluding carboxylic acids is 1. The van der Waals surface area contributed by atoms with Crippen LogP contribution in [0, 0.1) is 6.92 Å². The van der Waals surface area contributed by atoms with Gasteiger partial charge in [0, 0.05) is 30.8 Å². The highest BCUT2D eigenvalue weighted by Crippen LogP contribution is 2.19. The van der Waals surface area contributed by atoms with Gasteiger partial charge in [-0.2, -0.15) is 0 Å². The van der Waals surface area contributed by atoms with Crippen molar-refractivity contribution in [3.05, 3.63) is 21.9 Å². The third-order valence-corrected chi connectivity index (χ3v) is 3.71. The van der Waals surface area contributed by atoms with Gasteiger partial charge in [0.15, 0.2) is 0 Å². The SMILES string of the molecule is Cc1ccc(C(=O)N2CCC(=NO)CC2)s1. The van der Waals surface area contributed by atoms with Crippen LogP contribution in [0.25, 0.3) is 0 Å². The molecule has 4 nitrogen and oxygen atoms in total. The van der Waals surface area contributed by atoms with Gasteiger partial charge >= 0.3 is 0 Å². The average molecular weight is 238 g/mol. The summed E-state index contributed by atoms with van der Waals surface area (Å²) in [5.74, 6) is 0.0927. The zero-order valence-corrected chi connectivity index (χ0v) is 9.96. The summed E-state index contributed by atoms with van der Waals surface area (Å²) in [6.07, 6.45) is 1.35. The largest absolute Gasteiger partial charge is 0.411 e. The second-order valence-electron chi connectivity index (χ2n) is 3.87. The summed E-state index contributed by atoms with van der Waals surface area (Å²) in [4.78, 5) is 15.8. The number of hydrogen-bond donors (Lipinski definition) is 1. The van der Waals surface area contributed by atoms with Gasteiger partial charge in [-0.05, 0) is 19.1 Å². The van der Waals surface area contributed by atoms with E-state index in [2.05, 4.69) is 5.16 Å². The topological polar surface area (TPSA) is 52.9 Å². The molecular formula is C11H14N2O2S. The highest BCUT2D eigenvalue weighted by atomic mass is 32.1. The van der Waals surface area contributed by atoms with Crippen molar-refractivity contribution in [2.75, 3.05) is 13.1 Å². The van der Waals surface area contributed by atoms with Crippen LogP contribution in [0.15, 0.2) is 17.3 Å². The molecule has 0 saturated carbocycles. The molecule has 0 aliphatic carbocycles. The standard InChI is InChI=1S/C11H14N2O2S/c1-8-2-3-10(16-8)11(14)13-6-4-9(12-15)5-7-13/h2-3,15H,4-7H2,1H3. The minimum absolute atomic E-state index is 0.0927. The van der Waals surface area contributed by atoms with E-state index in [1.165, 1.54) is 11.3 Å². The third kappa shape index (κ3) is 2.24. The summed E-state index contributed by atoms with van der Waals surface area (Å²) in [5.41, 5.74) is 0.784. The van der Waals surface area contributed by atoms with E-state index in [-0.39, 0.29) is 5.91 Å². The summed E-state index contributed by atoms with van der Waals surface area (Å²) in [6.45, 7) is 3.29. The van der Waals surface area contributed by atoms with Crippen molar-refractivity contribution in [3.8, 4) is 0 Å². The lowest BCUT2D eigenvalue weighted by molar-refractivity contribution is 0.0758. The lowest BCUT2D eigenvalue weighted by atomic mass is 10.1. The highest BCUT2D eigenvalue weighted by molar-refractivity contribution is 7.13. The van der Waals surface area contributed by atoms with E-state index in [1.54, 1.807) is 0 Å². The van der Waals surface area contributed by atoms with E-state index in [9.17, 15) is 4.79 Å². The molecule has 1 saturated heterocycles. The Morgan fingerprint density at radius 3 is 2.62 bits per heavy atom. The molecule has 0 aromatic carbocycles. The van der Waals surface area contributed by atoms with Gasteiger partial charge in [-0.25, -0.2) is 0 Å². The predicted molar refractivity (Wildman–Crippen MR) is 63.4 cm³/mol. The molecule has 2 rings (SSSR count). The molecule has 0 unspecified atom stereocenters. The molecule has 16 heavy (non-hydrogen) atoms. The Labute approximate surface area is 98.2 Å². The van der Waals surface area contributed by atoms with Crippen LogP contribution < -0.4 is 0 Å². The fraction of sp³-hybridized carbons (Fsp3) is 0.455. The molecule has 1 aliphatic rings. The van der Waals surface area contributed by atoms with E-state index < -0.39 is 0 Å². The Morgan fingerprint density at radius 2 is 2.12 bits per heavy atom. The molecule has 5 heteroatoms. The van der Waals surface area contributed by atoms with E-state index in [4.69, 9.17) is 5.21 Å². The Bertz CT molecular complexity index is 415. The lowest BCUT2D eigenvalue weighted by Crippen LogP contribution is -2.38. The molecule has 0 bridgehead atoms. The fourth-order valence-corrected chi connectivity index (χ4v) is 2.61. The van der Waals surface area contributed by atoms with Gasteiger partial charge in [0.25, 0.3) is 5.91 Å². The number of piperidine rings is 1. The minimum atomic E-state index is 0.0927. The molecule has 2 heterocycles. The van der Waals surface area contributed by atoms with Gasteiger partial charge in [0.1, 0.15) is 0 Å². The third-order valence-electron chi connectivity index (χ3n) is 2.72. The number of carbonyl (C=O) groups is 1. The molecule has 0 atom stereocenters. The average Bonchev–Trinajstić information content (AvgIpc) is 2.75. The maximum Gasteiger partial charge on any atom is 0.263 e. The summed E-state index contributed by atoms with van der Waals surface area (Å²) in [7, 11) is 0. The first kappa shape index (κ1) is 11.1. The number of nitrogens with zero attached hydrogens (tertiary/aromatic N) is 2. The quantitative estimate of drug-likeness (QED) is 0.602. The van der Waals surface area contributed by atoms with Crippen molar-refractivity contribution >= 4 is 23.0 Å². The van der Waals surface area contributed by atoms with Crippen LogP contribution in [0.5, 0.6) is 0 Å². The maximum atomic E-state index is 12.0. The molecule has 1 amide bonds. The number of aryl methyl sites for hydroxylation is 1. The monoisotopic (exact) mass is 238 g/mol. The first-order chi connectivity index (χ1) is 7.70. The normalized spacial score (nSPS) is 16.3. The number of likely N-dealkylation sites (tertiary alicyclic amines) is 1. The van der Waals surface area contributed by atoms with Crippen LogP contribution >= 0.6 is 11.3 Å². The van der Waals surface area contributed by atoms with E-state index in [0.29, 0.717) is 25.9 Å². The number of hydrogen-bond acceptors (Lipinski definition) is 4. The molecule has 1 fully saturated rings. The van der Waals surface area contributed by atoms with Crippen LogP contribution in [0.1, 0.15) is 27.4 Å². The zero-order chi connectivity index (χ0) is 11.5. The van der Waals surface area contributed by atoms with Crippen molar-refractivity contribution < 1.29 is 10.0 Å². The molecule has 1 aromatic rings. The van der Waals surface area contributed by atoms with E-state index >= 15 is 0 Å². The molecule has 0 radical (unpaired) electrons. The van der Waals surface area contributed by atoms with Gasteiger partial charge in [0.05, 0.1) is 10.6 Å². The predicted octanol–water partition coefficient (Wildman–Crippen LogP) is 2.12. The van der Waals surface area contributed by atoms with Crippen LogP contribution in [0.3, 0.4) is 0 Å². The first-order valence-corrected chi connectivity index (χ1v) is 6.08. The van der Waals surface area contributed by atoms with Gasteiger partial charge < -0.3 is 10.1 Å². The molecule has 86 valence electrons. The number of rotatable bonds is 1. The Hall–Kier alpha value is -1.36. The summed E-state index contributed by atoms with van der Waals surface area (Å²) in [6, 6.07) is 3.83. The fourth-order valence-electron chi connectivity index (χ4n) is 1.77. The Balaban J connectivity index is 2.02. The molecule has 1 aliphatic heterocycles. The summed E-state index contributed by atoms with van der Waals surface area (Å²) < 4.78 is 0. The number of thiophene rings is 1. The Morgan fingerprint density at radius 1 is 1.44 bits per heavy atom. The van der Waals surface area contributed by atoms with Crippen molar-refractivity contribution in [3.63, 3.8) is 0 Å². The van der Waals surface area contributed by atoms with Gasteiger partial charge in [0.2, 0.25) is 0 Å². The van der Waals surface area contributed by atoms with Gasteiger partial charge in [-0.3, -0.25) is 4.79 Å². The van der Waals surface area contributed by atoms with Crippen LogP contribution in [-0.2, 0) is 0 Å². The molecule has 0 spiro atoms. The van der Waals surface area contributed by atoms with Crippen molar-refractivity contribution in [2.45, 2.75) is 19.8 Å². The van der Waals surface area contributed by atoms with Crippen LogP contribution in [0.4, 0.5) is 0 Å². The van der Waals surface area contributed by atoms with Gasteiger partial charge in [-0.15, -0.1) is 11.3 Å². The van der Waals surface area contributed by atoms with Crippen LogP contribution in [-0.4, -0.2) is 34.8 Å². The number of amides is 1. The van der Waals surface area contributed by atoms with E-state index in [1.807, 2.05) is 24.0 Å². The first-order valence-electron chi connectivity index (χ1n) is 5.26. The minimum Gasteiger partial charge on any atom is -0.411 e. The molecular weight excluding hydrogens is 224 g/mol. The second kappa shape index (κ2) is 4.65. The molecule has 1 N–H and O–H groups in total. The van der Waals surface area contributed by atoms with Crippen molar-refractivity contribution in [2.24, 2.45) is 5.16 Å². The van der Waals surface area contributed by atoms with Gasteiger partial charge in [-0.1, -0.05) is 5.16 Å². The highest BCUT2D eigenvalue weighted by Gasteiger charge is 2.21. The van der Waals surface area contributed by atoms with E-state index in [0.717, 1.165) is 15.5 Å².